The molecule has 9 heteroatoms. The predicted octanol–water partition coefficient (Wildman–Crippen LogP) is 6.35. The van der Waals surface area contributed by atoms with E-state index < -0.39 is 0 Å². The number of hydrogen-bond donors (Lipinski definition) is 1. The molecule has 0 aliphatic carbocycles. The molecule has 0 unspecified atom stereocenters. The molecule has 0 saturated heterocycles. The largest absolute Gasteiger partial charge is 0.296 e. The Morgan fingerprint density at radius 2 is 1.88 bits per heavy atom. The number of benzene rings is 2. The molecule has 0 aliphatic heterocycles. The second-order valence-electron chi connectivity index (χ2n) is 5.35. The Balaban J connectivity index is 1.62. The molecule has 3 rings (SSSR count). The summed E-state index contributed by atoms with van der Waals surface area (Å²) >= 11 is 20.8. The third-order valence-corrected chi connectivity index (χ3v) is 6.44. The lowest BCUT2D eigenvalue weighted by Gasteiger charge is -2.04. The zero-order valence-corrected chi connectivity index (χ0v) is 17.3. The van der Waals surface area contributed by atoms with Crippen molar-refractivity contribution >= 4 is 68.9 Å². The molecule has 1 N–H and O–H groups in total. The number of halogens is 3. The topological polar surface area (TPSA) is 54.9 Å². The molecule has 1 aromatic heterocycles. The van der Waals surface area contributed by atoms with E-state index >= 15 is 0 Å². The first-order valence-corrected chi connectivity index (χ1v) is 10.3. The molecule has 0 radical (unpaired) electrons. The Bertz CT molecular complexity index is 962. The van der Waals surface area contributed by atoms with Crippen LogP contribution >= 0.6 is 57.9 Å². The van der Waals surface area contributed by atoms with Crippen molar-refractivity contribution in [2.45, 2.75) is 17.0 Å². The molecule has 3 aromatic rings. The van der Waals surface area contributed by atoms with E-state index in [1.165, 1.54) is 23.1 Å². The number of amides is 1. The number of carbonyl (C=O) groups is 1. The number of nitrogens with one attached hydrogen (secondary N) is 1. The maximum atomic E-state index is 12.3. The van der Waals surface area contributed by atoms with Crippen molar-refractivity contribution in [2.75, 3.05) is 5.32 Å². The van der Waals surface area contributed by atoms with Gasteiger partial charge in [0, 0.05) is 5.75 Å². The summed E-state index contributed by atoms with van der Waals surface area (Å²) < 4.78 is 0.737. The molecular weight excluding hydrogens is 433 g/mol. The number of anilines is 1. The number of aryl methyl sites for hydroxylation is 1. The van der Waals surface area contributed by atoms with Crippen molar-refractivity contribution in [3.8, 4) is 0 Å². The van der Waals surface area contributed by atoms with E-state index in [-0.39, 0.29) is 5.91 Å². The summed E-state index contributed by atoms with van der Waals surface area (Å²) in [5.74, 6) is 0.357. The second kappa shape index (κ2) is 8.59. The molecule has 0 bridgehead atoms. The highest BCUT2D eigenvalue weighted by atomic mass is 35.5. The van der Waals surface area contributed by atoms with E-state index in [9.17, 15) is 4.79 Å². The first kappa shape index (κ1) is 19.5. The van der Waals surface area contributed by atoms with Gasteiger partial charge in [-0.2, -0.15) is 0 Å². The predicted molar refractivity (Wildman–Crippen MR) is 110 cm³/mol. The minimum atomic E-state index is -0.313. The first-order chi connectivity index (χ1) is 12.4. The summed E-state index contributed by atoms with van der Waals surface area (Å²) in [5.41, 5.74) is 2.41. The molecule has 0 saturated carbocycles. The second-order valence-corrected chi connectivity index (χ2v) is 8.77. The van der Waals surface area contributed by atoms with Crippen molar-refractivity contribution < 1.29 is 4.79 Å². The van der Waals surface area contributed by atoms with Gasteiger partial charge in [-0.05, 0) is 42.3 Å². The molecule has 0 aliphatic rings. The van der Waals surface area contributed by atoms with Gasteiger partial charge in [-0.1, -0.05) is 70.0 Å². The zero-order valence-electron chi connectivity index (χ0n) is 13.4. The molecular formula is C17H12Cl3N3OS2. The van der Waals surface area contributed by atoms with Gasteiger partial charge < -0.3 is 0 Å². The van der Waals surface area contributed by atoms with Gasteiger partial charge in [-0.15, -0.1) is 10.2 Å². The van der Waals surface area contributed by atoms with Crippen molar-refractivity contribution in [1.82, 2.24) is 10.2 Å². The molecule has 0 atom stereocenters. The van der Waals surface area contributed by atoms with Crippen LogP contribution < -0.4 is 5.32 Å². The average molecular weight is 445 g/mol. The van der Waals surface area contributed by atoms with Gasteiger partial charge in [0.1, 0.15) is 0 Å². The number of nitrogens with zero attached hydrogens (tertiary/aromatic N) is 2. The maximum absolute atomic E-state index is 12.3. The van der Waals surface area contributed by atoms with Gasteiger partial charge in [0.2, 0.25) is 5.13 Å². The van der Waals surface area contributed by atoms with E-state index in [2.05, 4.69) is 15.5 Å². The van der Waals surface area contributed by atoms with Gasteiger partial charge in [-0.25, -0.2) is 0 Å². The lowest BCUT2D eigenvalue weighted by Crippen LogP contribution is -2.12. The number of hydrogen-bond acceptors (Lipinski definition) is 5. The first-order valence-electron chi connectivity index (χ1n) is 7.40. The van der Waals surface area contributed by atoms with Crippen molar-refractivity contribution in [3.63, 3.8) is 0 Å². The summed E-state index contributed by atoms with van der Waals surface area (Å²) in [6.07, 6.45) is 0. The Morgan fingerprint density at radius 3 is 2.62 bits per heavy atom. The lowest BCUT2D eigenvalue weighted by atomic mass is 10.1. The Morgan fingerprint density at radius 1 is 1.08 bits per heavy atom. The van der Waals surface area contributed by atoms with Gasteiger partial charge in [0.05, 0.1) is 20.6 Å². The van der Waals surface area contributed by atoms with Crippen LogP contribution in [0.1, 0.15) is 21.5 Å². The van der Waals surface area contributed by atoms with E-state index in [0.29, 0.717) is 31.5 Å². The highest BCUT2D eigenvalue weighted by Crippen LogP contribution is 2.31. The fraction of sp³-hybridized carbons (Fsp3) is 0.118. The fourth-order valence-electron chi connectivity index (χ4n) is 2.06. The normalized spacial score (nSPS) is 10.8. The van der Waals surface area contributed by atoms with Gasteiger partial charge >= 0.3 is 0 Å². The van der Waals surface area contributed by atoms with Crippen LogP contribution in [-0.2, 0) is 5.75 Å². The standard InChI is InChI=1S/C17H12Cl3N3OS2/c1-9-2-4-11(13(19)6-9)15(24)21-16-22-23-17(26-16)25-8-10-3-5-12(18)14(20)7-10/h2-7H,8H2,1H3,(H,21,22,24). The minimum absolute atomic E-state index is 0.313. The summed E-state index contributed by atoms with van der Waals surface area (Å²) in [6.45, 7) is 1.91. The Hall–Kier alpha value is -1.31. The van der Waals surface area contributed by atoms with Crippen LogP contribution in [0.25, 0.3) is 0 Å². The highest BCUT2D eigenvalue weighted by Gasteiger charge is 2.14. The van der Waals surface area contributed by atoms with E-state index in [1.807, 2.05) is 25.1 Å². The van der Waals surface area contributed by atoms with Gasteiger partial charge in [-0.3, -0.25) is 10.1 Å². The summed E-state index contributed by atoms with van der Waals surface area (Å²) in [4.78, 5) is 12.3. The number of aromatic nitrogens is 2. The molecule has 4 nitrogen and oxygen atoms in total. The lowest BCUT2D eigenvalue weighted by molar-refractivity contribution is 0.102. The highest BCUT2D eigenvalue weighted by molar-refractivity contribution is 8.00. The molecule has 0 spiro atoms. The summed E-state index contributed by atoms with van der Waals surface area (Å²) in [5, 5.41) is 12.7. The molecule has 1 amide bonds. The van der Waals surface area contributed by atoms with Crippen LogP contribution in [0.15, 0.2) is 40.7 Å². The number of carbonyl (C=O) groups excluding carboxylic acids is 1. The van der Waals surface area contributed by atoms with Crippen LogP contribution in [-0.4, -0.2) is 16.1 Å². The molecule has 2 aromatic carbocycles. The minimum Gasteiger partial charge on any atom is -0.296 e. The van der Waals surface area contributed by atoms with Gasteiger partial charge in [0.15, 0.2) is 4.34 Å². The zero-order chi connectivity index (χ0) is 18.7. The van der Waals surface area contributed by atoms with E-state index in [0.717, 1.165) is 15.5 Å². The molecule has 1 heterocycles. The van der Waals surface area contributed by atoms with Crippen LogP contribution in [0.5, 0.6) is 0 Å². The van der Waals surface area contributed by atoms with Crippen LogP contribution in [0, 0.1) is 6.92 Å². The quantitative estimate of drug-likeness (QED) is 0.368. The molecule has 134 valence electrons. The van der Waals surface area contributed by atoms with Crippen LogP contribution in [0.3, 0.4) is 0 Å². The molecule has 0 fully saturated rings. The van der Waals surface area contributed by atoms with E-state index in [1.54, 1.807) is 18.2 Å². The maximum Gasteiger partial charge on any atom is 0.259 e. The molecule has 26 heavy (non-hydrogen) atoms. The third-order valence-electron chi connectivity index (χ3n) is 3.34. The SMILES string of the molecule is Cc1ccc(C(=O)Nc2nnc(SCc3ccc(Cl)c(Cl)c3)s2)c(Cl)c1. The Kier molecular flexibility index (Phi) is 6.42. The fourth-order valence-corrected chi connectivity index (χ4v) is 4.39. The summed E-state index contributed by atoms with van der Waals surface area (Å²) in [7, 11) is 0. The smallest absolute Gasteiger partial charge is 0.259 e. The van der Waals surface area contributed by atoms with Gasteiger partial charge in [0.25, 0.3) is 5.91 Å². The number of thioether (sulfide) groups is 1. The number of rotatable bonds is 5. The third kappa shape index (κ3) is 4.90. The monoisotopic (exact) mass is 443 g/mol. The Labute approximate surface area is 173 Å². The van der Waals surface area contributed by atoms with Crippen molar-refractivity contribution in [3.05, 3.63) is 68.2 Å². The van der Waals surface area contributed by atoms with Crippen molar-refractivity contribution in [1.29, 1.82) is 0 Å². The summed E-state index contributed by atoms with van der Waals surface area (Å²) in [6, 6.07) is 10.8. The van der Waals surface area contributed by atoms with Crippen LogP contribution in [0.4, 0.5) is 5.13 Å². The van der Waals surface area contributed by atoms with Crippen molar-refractivity contribution in [2.24, 2.45) is 0 Å². The van der Waals surface area contributed by atoms with Crippen LogP contribution in [0.2, 0.25) is 15.1 Å². The average Bonchev–Trinajstić information content (AvgIpc) is 3.03. The van der Waals surface area contributed by atoms with E-state index in [4.69, 9.17) is 34.8 Å².